The van der Waals surface area contributed by atoms with Gasteiger partial charge in [0.2, 0.25) is 5.88 Å². The smallest absolute Gasteiger partial charge is 0.250 e. The largest absolute Gasteiger partial charge is 0.479 e. The van der Waals surface area contributed by atoms with E-state index in [4.69, 9.17) is 4.74 Å². The maximum atomic E-state index is 13.5. The third kappa shape index (κ3) is 2.24. The molecule has 2 heterocycles. The molecule has 1 aliphatic heterocycles. The Balaban J connectivity index is 2.12. The highest BCUT2D eigenvalue weighted by Gasteiger charge is 2.16. The number of rotatable bonds is 2. The Morgan fingerprint density at radius 1 is 1.31 bits per heavy atom. The molecule has 16 heavy (non-hydrogen) atoms. The molecule has 1 fully saturated rings. The second-order valence-electron chi connectivity index (χ2n) is 3.97. The van der Waals surface area contributed by atoms with Gasteiger partial charge in [-0.3, -0.25) is 0 Å². The number of piperazine rings is 1. The van der Waals surface area contributed by atoms with Crippen LogP contribution >= 0.6 is 0 Å². The van der Waals surface area contributed by atoms with E-state index in [1.807, 2.05) is 0 Å². The lowest BCUT2D eigenvalue weighted by atomic mass is 10.3. The van der Waals surface area contributed by atoms with E-state index < -0.39 is 5.82 Å². The van der Waals surface area contributed by atoms with E-state index in [-0.39, 0.29) is 5.88 Å². The van der Waals surface area contributed by atoms with E-state index in [1.165, 1.54) is 13.2 Å². The molecule has 0 saturated carbocycles. The zero-order valence-corrected chi connectivity index (χ0v) is 9.61. The summed E-state index contributed by atoms with van der Waals surface area (Å²) in [5.41, 5.74) is 0.825. The average molecular weight is 225 g/mol. The molecule has 1 saturated heterocycles. The van der Waals surface area contributed by atoms with Crippen LogP contribution < -0.4 is 9.64 Å². The quantitative estimate of drug-likeness (QED) is 0.750. The summed E-state index contributed by atoms with van der Waals surface area (Å²) in [6.07, 6.45) is 1.66. The minimum atomic E-state index is -0.404. The van der Waals surface area contributed by atoms with Gasteiger partial charge in [0.15, 0.2) is 5.82 Å². The normalized spacial score (nSPS) is 17.6. The number of halogens is 1. The first-order valence-corrected chi connectivity index (χ1v) is 5.33. The number of nitrogens with zero attached hydrogens (tertiary/aromatic N) is 3. The first-order chi connectivity index (χ1) is 7.70. The van der Waals surface area contributed by atoms with Crippen LogP contribution in [0.5, 0.6) is 5.88 Å². The van der Waals surface area contributed by atoms with Crippen molar-refractivity contribution in [2.24, 2.45) is 0 Å². The standard InChI is InChI=1S/C11H16FN3O/c1-14-3-5-15(6-4-14)9-7-10(12)11(16-2)13-8-9/h7-8H,3-6H2,1-2H3. The third-order valence-corrected chi connectivity index (χ3v) is 2.85. The Morgan fingerprint density at radius 3 is 2.56 bits per heavy atom. The molecule has 88 valence electrons. The SMILES string of the molecule is COc1ncc(N2CCN(C)CC2)cc1F. The number of aromatic nitrogens is 1. The molecular weight excluding hydrogens is 209 g/mol. The van der Waals surface area contributed by atoms with Crippen molar-refractivity contribution in [1.82, 2.24) is 9.88 Å². The summed E-state index contributed by atoms with van der Waals surface area (Å²) < 4.78 is 18.2. The van der Waals surface area contributed by atoms with Crippen LogP contribution in [0.4, 0.5) is 10.1 Å². The zero-order chi connectivity index (χ0) is 11.5. The second-order valence-corrected chi connectivity index (χ2v) is 3.97. The van der Waals surface area contributed by atoms with E-state index in [0.29, 0.717) is 0 Å². The van der Waals surface area contributed by atoms with E-state index in [9.17, 15) is 4.39 Å². The lowest BCUT2D eigenvalue weighted by Crippen LogP contribution is -2.44. The summed E-state index contributed by atoms with van der Waals surface area (Å²) in [4.78, 5) is 8.33. The number of likely N-dealkylation sites (N-methyl/N-ethyl adjacent to an activating group) is 1. The molecule has 0 aromatic carbocycles. The van der Waals surface area contributed by atoms with E-state index in [2.05, 4.69) is 21.8 Å². The van der Waals surface area contributed by atoms with Crippen LogP contribution in [0.1, 0.15) is 0 Å². The summed E-state index contributed by atoms with van der Waals surface area (Å²) in [6.45, 7) is 3.80. The Kier molecular flexibility index (Phi) is 3.24. The highest BCUT2D eigenvalue weighted by atomic mass is 19.1. The van der Waals surface area contributed by atoms with Crippen molar-refractivity contribution >= 4 is 5.69 Å². The first kappa shape index (κ1) is 11.1. The van der Waals surface area contributed by atoms with Crippen LogP contribution in [0.15, 0.2) is 12.3 Å². The molecule has 1 aromatic heterocycles. The molecule has 0 amide bonds. The third-order valence-electron chi connectivity index (χ3n) is 2.85. The molecule has 0 N–H and O–H groups in total. The highest BCUT2D eigenvalue weighted by molar-refractivity contribution is 5.46. The molecule has 0 radical (unpaired) electrons. The van der Waals surface area contributed by atoms with E-state index >= 15 is 0 Å². The zero-order valence-electron chi connectivity index (χ0n) is 9.61. The van der Waals surface area contributed by atoms with Crippen molar-refractivity contribution < 1.29 is 9.13 Å². The molecule has 4 nitrogen and oxygen atoms in total. The molecule has 0 spiro atoms. The summed E-state index contributed by atoms with van der Waals surface area (Å²) in [7, 11) is 3.51. The van der Waals surface area contributed by atoms with Crippen molar-refractivity contribution in [3.05, 3.63) is 18.1 Å². The Morgan fingerprint density at radius 2 is 2.00 bits per heavy atom. The van der Waals surface area contributed by atoms with Gasteiger partial charge in [-0.25, -0.2) is 9.37 Å². The van der Waals surface area contributed by atoms with E-state index in [1.54, 1.807) is 6.20 Å². The van der Waals surface area contributed by atoms with E-state index in [0.717, 1.165) is 31.9 Å². The molecule has 5 heteroatoms. The van der Waals surface area contributed by atoms with Crippen molar-refractivity contribution in [2.45, 2.75) is 0 Å². The predicted molar refractivity (Wildman–Crippen MR) is 60.5 cm³/mol. The minimum Gasteiger partial charge on any atom is -0.479 e. The van der Waals surface area contributed by atoms with Crippen molar-refractivity contribution in [1.29, 1.82) is 0 Å². The van der Waals surface area contributed by atoms with Crippen molar-refractivity contribution in [3.8, 4) is 5.88 Å². The van der Waals surface area contributed by atoms with Gasteiger partial charge in [0.25, 0.3) is 0 Å². The van der Waals surface area contributed by atoms with Gasteiger partial charge in [0.05, 0.1) is 19.0 Å². The maximum Gasteiger partial charge on any atom is 0.250 e. The Labute approximate surface area is 94.6 Å². The number of anilines is 1. The summed E-state index contributed by atoms with van der Waals surface area (Å²) in [5.74, 6) is -0.350. The number of hydrogen-bond donors (Lipinski definition) is 0. The van der Waals surface area contributed by atoms with Crippen LogP contribution in [0, 0.1) is 5.82 Å². The van der Waals surface area contributed by atoms with Gasteiger partial charge < -0.3 is 14.5 Å². The van der Waals surface area contributed by atoms with Crippen LogP contribution in [-0.4, -0.2) is 50.2 Å². The fourth-order valence-electron chi connectivity index (χ4n) is 1.80. The number of hydrogen-bond acceptors (Lipinski definition) is 4. The van der Waals surface area contributed by atoms with Gasteiger partial charge in [-0.2, -0.15) is 0 Å². The van der Waals surface area contributed by atoms with Gasteiger partial charge in [-0.05, 0) is 7.05 Å². The highest BCUT2D eigenvalue weighted by Crippen LogP contribution is 2.21. The van der Waals surface area contributed by atoms with Gasteiger partial charge in [0, 0.05) is 32.2 Å². The fraction of sp³-hybridized carbons (Fsp3) is 0.545. The van der Waals surface area contributed by atoms with Gasteiger partial charge in [0.1, 0.15) is 0 Å². The lowest BCUT2D eigenvalue weighted by Gasteiger charge is -2.33. The topological polar surface area (TPSA) is 28.6 Å². The fourth-order valence-corrected chi connectivity index (χ4v) is 1.80. The minimum absolute atomic E-state index is 0.0536. The second kappa shape index (κ2) is 4.65. The van der Waals surface area contributed by atoms with Gasteiger partial charge in [-0.1, -0.05) is 0 Å². The molecular formula is C11H16FN3O. The molecule has 1 aliphatic rings. The number of pyridine rings is 1. The van der Waals surface area contributed by atoms with Crippen LogP contribution in [0.25, 0.3) is 0 Å². The molecule has 0 aliphatic carbocycles. The predicted octanol–water partition coefficient (Wildman–Crippen LogP) is 0.981. The van der Waals surface area contributed by atoms with Crippen LogP contribution in [0.2, 0.25) is 0 Å². The molecule has 0 bridgehead atoms. The Bertz CT molecular complexity index is 364. The first-order valence-electron chi connectivity index (χ1n) is 5.33. The summed E-state index contributed by atoms with van der Waals surface area (Å²) in [5, 5.41) is 0. The van der Waals surface area contributed by atoms with Crippen molar-refractivity contribution in [2.75, 3.05) is 45.2 Å². The molecule has 0 atom stereocenters. The van der Waals surface area contributed by atoms with Crippen LogP contribution in [0.3, 0.4) is 0 Å². The van der Waals surface area contributed by atoms with Crippen molar-refractivity contribution in [3.63, 3.8) is 0 Å². The lowest BCUT2D eigenvalue weighted by molar-refractivity contribution is 0.312. The number of ether oxygens (including phenoxy) is 1. The summed E-state index contributed by atoms with van der Waals surface area (Å²) >= 11 is 0. The van der Waals surface area contributed by atoms with Gasteiger partial charge >= 0.3 is 0 Å². The maximum absolute atomic E-state index is 13.5. The van der Waals surface area contributed by atoms with Gasteiger partial charge in [-0.15, -0.1) is 0 Å². The monoisotopic (exact) mass is 225 g/mol. The molecule has 1 aromatic rings. The number of methoxy groups -OCH3 is 1. The van der Waals surface area contributed by atoms with Crippen LogP contribution in [-0.2, 0) is 0 Å². The average Bonchev–Trinajstić information content (AvgIpc) is 2.30. The summed E-state index contributed by atoms with van der Waals surface area (Å²) in [6, 6.07) is 1.48. The Hall–Kier alpha value is -1.36. The molecule has 2 rings (SSSR count). The molecule has 0 unspecified atom stereocenters.